The number of nitro groups is 1. The molecule has 0 aromatic heterocycles. The minimum Gasteiger partial charge on any atom is -0.550 e. The molecule has 0 heterocycles. The van der Waals surface area contributed by atoms with Crippen molar-refractivity contribution in [1.82, 2.24) is 4.72 Å². The molecule has 8 nitrogen and oxygen atoms in total. The first-order valence-electron chi connectivity index (χ1n) is 8.05. The molecule has 2 aromatic rings. The Morgan fingerprint density at radius 3 is 2.26 bits per heavy atom. The number of carbonyl (C=O) groups excluding carboxylic acids is 1. The summed E-state index contributed by atoms with van der Waals surface area (Å²) >= 11 is 0. The van der Waals surface area contributed by atoms with E-state index in [4.69, 9.17) is 0 Å². The summed E-state index contributed by atoms with van der Waals surface area (Å²) in [5.41, 5.74) is 1.84. The number of aliphatic carboxylic acids is 1. The number of nitrogens with zero attached hydrogens (tertiary/aromatic N) is 1. The molecule has 0 radical (unpaired) electrons. The van der Waals surface area contributed by atoms with Gasteiger partial charge in [-0.1, -0.05) is 29.8 Å². The van der Waals surface area contributed by atoms with Gasteiger partial charge in [0, 0.05) is 24.5 Å². The highest BCUT2D eigenvalue weighted by Gasteiger charge is 2.26. The van der Waals surface area contributed by atoms with Crippen molar-refractivity contribution in [1.29, 1.82) is 0 Å². The highest BCUT2D eigenvalue weighted by molar-refractivity contribution is 7.89. The van der Waals surface area contributed by atoms with Gasteiger partial charge in [0.1, 0.15) is 0 Å². The van der Waals surface area contributed by atoms with Gasteiger partial charge in [-0.05, 0) is 37.5 Å². The third kappa shape index (κ3) is 4.89. The summed E-state index contributed by atoms with van der Waals surface area (Å²) in [4.78, 5) is 21.5. The first-order chi connectivity index (χ1) is 12.5. The lowest BCUT2D eigenvalue weighted by atomic mass is 10.0. The molecule has 0 aliphatic carbocycles. The maximum absolute atomic E-state index is 12.9. The van der Waals surface area contributed by atoms with Crippen LogP contribution in [0.1, 0.15) is 34.7 Å². The zero-order chi connectivity index (χ0) is 20.4. The lowest BCUT2D eigenvalue weighted by Crippen LogP contribution is -2.34. The van der Waals surface area contributed by atoms with E-state index in [9.17, 15) is 28.4 Å². The maximum atomic E-state index is 12.9. The number of carboxylic acid groups (broad SMARTS) is 1. The number of non-ortho nitro benzene ring substituents is 1. The zero-order valence-corrected chi connectivity index (χ0v) is 15.9. The molecule has 0 spiro atoms. The van der Waals surface area contributed by atoms with E-state index in [1.807, 2.05) is 6.92 Å². The van der Waals surface area contributed by atoms with E-state index >= 15 is 0 Å². The van der Waals surface area contributed by atoms with Gasteiger partial charge in [0.05, 0.1) is 15.9 Å². The van der Waals surface area contributed by atoms with Crippen LogP contribution in [0, 0.1) is 30.9 Å². The summed E-state index contributed by atoms with van der Waals surface area (Å²) in [5.74, 6) is -1.48. The first kappa shape index (κ1) is 20.5. The Bertz CT molecular complexity index is 978. The van der Waals surface area contributed by atoms with E-state index in [1.54, 1.807) is 26.0 Å². The average molecular weight is 391 g/mol. The molecule has 2 aromatic carbocycles. The van der Waals surface area contributed by atoms with E-state index in [1.165, 1.54) is 18.2 Å². The minimum absolute atomic E-state index is 0.0573. The summed E-state index contributed by atoms with van der Waals surface area (Å²) in [6.07, 6.45) is -0.662. The quantitative estimate of drug-likeness (QED) is 0.564. The summed E-state index contributed by atoms with van der Waals surface area (Å²) in [6, 6.07) is 7.39. The normalized spacial score (nSPS) is 12.6. The van der Waals surface area contributed by atoms with Crippen LogP contribution in [0.25, 0.3) is 0 Å². The van der Waals surface area contributed by atoms with Gasteiger partial charge >= 0.3 is 0 Å². The van der Waals surface area contributed by atoms with E-state index in [0.717, 1.165) is 11.6 Å². The Morgan fingerprint density at radius 2 is 1.74 bits per heavy atom. The molecule has 0 fully saturated rings. The summed E-state index contributed by atoms with van der Waals surface area (Å²) in [6.45, 7) is 5.14. The van der Waals surface area contributed by atoms with Crippen LogP contribution in [0.4, 0.5) is 5.69 Å². The van der Waals surface area contributed by atoms with Gasteiger partial charge in [-0.2, -0.15) is 0 Å². The molecule has 9 heteroatoms. The van der Waals surface area contributed by atoms with Gasteiger partial charge in [0.2, 0.25) is 10.0 Å². The second-order valence-corrected chi connectivity index (χ2v) is 7.98. The Balaban J connectivity index is 2.49. The molecular formula is C18H19N2O6S-. The number of carboxylic acids is 1. The van der Waals surface area contributed by atoms with Gasteiger partial charge in [-0.15, -0.1) is 0 Å². The van der Waals surface area contributed by atoms with Crippen LogP contribution >= 0.6 is 0 Å². The second-order valence-electron chi connectivity index (χ2n) is 6.33. The third-order valence-electron chi connectivity index (χ3n) is 4.02. The van der Waals surface area contributed by atoms with Crippen LogP contribution in [-0.4, -0.2) is 19.3 Å². The van der Waals surface area contributed by atoms with Crippen LogP contribution in [0.5, 0.6) is 0 Å². The topological polar surface area (TPSA) is 129 Å². The van der Waals surface area contributed by atoms with Crippen molar-refractivity contribution in [3.8, 4) is 0 Å². The molecule has 0 unspecified atom stereocenters. The van der Waals surface area contributed by atoms with Crippen molar-refractivity contribution in [2.45, 2.75) is 38.1 Å². The van der Waals surface area contributed by atoms with Gasteiger partial charge in [0.15, 0.2) is 0 Å². The number of nitrogens with one attached hydrogen (secondary N) is 1. The fourth-order valence-electron chi connectivity index (χ4n) is 3.09. The van der Waals surface area contributed by atoms with Crippen molar-refractivity contribution < 1.29 is 23.2 Å². The predicted molar refractivity (Wildman–Crippen MR) is 96.4 cm³/mol. The molecule has 0 aliphatic rings. The highest BCUT2D eigenvalue weighted by atomic mass is 32.2. The molecule has 0 bridgehead atoms. The smallest absolute Gasteiger partial charge is 0.269 e. The highest BCUT2D eigenvalue weighted by Crippen LogP contribution is 2.27. The minimum atomic E-state index is -4.08. The molecule has 144 valence electrons. The Hall–Kier alpha value is -2.78. The fraction of sp³-hybridized carbons (Fsp3) is 0.278. The molecule has 0 amide bonds. The van der Waals surface area contributed by atoms with Crippen molar-refractivity contribution in [2.75, 3.05) is 0 Å². The van der Waals surface area contributed by atoms with Crippen LogP contribution in [0.15, 0.2) is 41.3 Å². The van der Waals surface area contributed by atoms with Gasteiger partial charge < -0.3 is 9.90 Å². The Kier molecular flexibility index (Phi) is 5.97. The summed E-state index contributed by atoms with van der Waals surface area (Å²) < 4.78 is 28.2. The van der Waals surface area contributed by atoms with E-state index < -0.39 is 33.4 Å². The van der Waals surface area contributed by atoms with Crippen molar-refractivity contribution in [3.05, 3.63) is 68.8 Å². The number of rotatable bonds is 7. The molecule has 2 rings (SSSR count). The predicted octanol–water partition coefficient (Wildman–Crippen LogP) is 1.68. The van der Waals surface area contributed by atoms with Crippen molar-refractivity contribution in [2.24, 2.45) is 0 Å². The number of nitro benzene ring substituents is 1. The summed E-state index contributed by atoms with van der Waals surface area (Å²) in [7, 11) is -4.08. The molecule has 0 saturated carbocycles. The van der Waals surface area contributed by atoms with Crippen LogP contribution in [0.3, 0.4) is 0 Å². The van der Waals surface area contributed by atoms with Gasteiger partial charge in [-0.3, -0.25) is 10.1 Å². The van der Waals surface area contributed by atoms with Crippen LogP contribution in [-0.2, 0) is 14.8 Å². The van der Waals surface area contributed by atoms with Crippen molar-refractivity contribution >= 4 is 21.7 Å². The van der Waals surface area contributed by atoms with E-state index in [-0.39, 0.29) is 16.1 Å². The zero-order valence-electron chi connectivity index (χ0n) is 15.1. The first-order valence-corrected chi connectivity index (χ1v) is 9.54. The van der Waals surface area contributed by atoms with E-state index in [2.05, 4.69) is 4.72 Å². The standard InChI is InChI=1S/C18H20N2O6S/c1-11-7-12(2)18(13(3)8-11)27(25,26)19-16(10-17(21)22)14-5-4-6-15(9-14)20(23)24/h4-9,16,19H,10H2,1-3H3,(H,21,22)/p-1/t16-/m1/s1. The van der Waals surface area contributed by atoms with Gasteiger partial charge in [-0.25, -0.2) is 13.1 Å². The average Bonchev–Trinajstić information content (AvgIpc) is 2.52. The molecule has 1 atom stereocenters. The maximum Gasteiger partial charge on any atom is 0.269 e. The Morgan fingerprint density at radius 1 is 1.15 bits per heavy atom. The SMILES string of the molecule is Cc1cc(C)c(S(=O)(=O)N[C@H](CC(=O)[O-])c2cccc([N+](=O)[O-])c2)c(C)c1. The molecular weight excluding hydrogens is 372 g/mol. The number of aryl methyl sites for hydroxylation is 3. The number of hydrogen-bond acceptors (Lipinski definition) is 6. The number of benzene rings is 2. The molecule has 0 aliphatic heterocycles. The lowest BCUT2D eigenvalue weighted by Gasteiger charge is -2.21. The number of sulfonamides is 1. The Labute approximate surface area is 157 Å². The number of carbonyl (C=O) groups is 1. The van der Waals surface area contributed by atoms with Crippen LogP contribution in [0.2, 0.25) is 0 Å². The third-order valence-corrected chi connectivity index (χ3v) is 5.80. The molecule has 0 saturated heterocycles. The molecule has 1 N–H and O–H groups in total. The van der Waals surface area contributed by atoms with Crippen LogP contribution < -0.4 is 9.83 Å². The van der Waals surface area contributed by atoms with Gasteiger partial charge in [0.25, 0.3) is 5.69 Å². The number of hydrogen-bond donors (Lipinski definition) is 1. The fourth-order valence-corrected chi connectivity index (χ4v) is 4.76. The monoisotopic (exact) mass is 391 g/mol. The lowest BCUT2D eigenvalue weighted by molar-refractivity contribution is -0.385. The second kappa shape index (κ2) is 7.85. The van der Waals surface area contributed by atoms with E-state index in [0.29, 0.717) is 11.1 Å². The summed E-state index contributed by atoms with van der Waals surface area (Å²) in [5, 5.41) is 22.1. The molecule has 27 heavy (non-hydrogen) atoms. The van der Waals surface area contributed by atoms with Crippen molar-refractivity contribution in [3.63, 3.8) is 0 Å². The largest absolute Gasteiger partial charge is 0.550 e.